The zero-order valence-corrected chi connectivity index (χ0v) is 24.2. The van der Waals surface area contributed by atoms with Crippen molar-refractivity contribution in [2.45, 2.75) is 46.4 Å². The van der Waals surface area contributed by atoms with Crippen LogP contribution in [-0.2, 0) is 42.2 Å². The Morgan fingerprint density at radius 3 is 2.26 bits per heavy atom. The molecule has 0 unspecified atom stereocenters. The first-order valence-electron chi connectivity index (χ1n) is 14.1. The number of para-hydroxylation sites is 1. The van der Waals surface area contributed by atoms with Crippen molar-refractivity contribution in [3.8, 4) is 22.6 Å². The van der Waals surface area contributed by atoms with Gasteiger partial charge in [-0.3, -0.25) is 9.59 Å². The van der Waals surface area contributed by atoms with E-state index in [1.165, 1.54) is 0 Å². The fraction of sp³-hybridized carbons (Fsp3) is 0.200. The Morgan fingerprint density at radius 2 is 1.49 bits per heavy atom. The molecule has 0 saturated heterocycles. The molecule has 0 aliphatic heterocycles. The number of nitrogens with two attached hydrogens (primary N) is 1. The minimum Gasteiger partial charge on any atom is -0.489 e. The van der Waals surface area contributed by atoms with Gasteiger partial charge >= 0.3 is 11.9 Å². The van der Waals surface area contributed by atoms with Gasteiger partial charge in [0.15, 0.2) is 0 Å². The molecule has 1 heterocycles. The molecule has 0 fully saturated rings. The number of benzene rings is 4. The summed E-state index contributed by atoms with van der Waals surface area (Å²) in [5.41, 5.74) is 11.5. The lowest BCUT2D eigenvalue weighted by molar-refractivity contribution is -0.137. The molecule has 43 heavy (non-hydrogen) atoms. The first-order chi connectivity index (χ1) is 20.9. The van der Waals surface area contributed by atoms with E-state index in [0.717, 1.165) is 27.6 Å². The third-order valence-electron chi connectivity index (χ3n) is 6.54. The van der Waals surface area contributed by atoms with Gasteiger partial charge in [-0.25, -0.2) is 0 Å². The average Bonchev–Trinajstić information content (AvgIpc) is 3.43. The molecule has 0 spiro atoms. The van der Waals surface area contributed by atoms with Crippen LogP contribution in [0, 0.1) is 0 Å². The normalized spacial score (nSPS) is 10.6. The van der Waals surface area contributed by atoms with E-state index in [9.17, 15) is 14.7 Å². The lowest BCUT2D eigenvalue weighted by atomic mass is 9.99. The molecule has 0 amide bonds. The number of rotatable bonds is 12. The van der Waals surface area contributed by atoms with Gasteiger partial charge in [-0.1, -0.05) is 62.4 Å². The minimum atomic E-state index is -0.933. The van der Waals surface area contributed by atoms with Crippen molar-refractivity contribution in [1.29, 1.82) is 0 Å². The summed E-state index contributed by atoms with van der Waals surface area (Å²) in [6.45, 7) is 4.78. The SMILES string of the molecule is CC.NCc1cccc(-c2cc(COc3cccc(CC(=O)O)c3)cc3cc(COc4ccccc4CC(=O)O)oc23)c1. The van der Waals surface area contributed by atoms with Crippen molar-refractivity contribution < 1.29 is 33.7 Å². The highest BCUT2D eigenvalue weighted by Gasteiger charge is 2.15. The van der Waals surface area contributed by atoms with E-state index in [0.29, 0.717) is 40.5 Å². The number of carboxylic acids is 2. The summed E-state index contributed by atoms with van der Waals surface area (Å²) >= 11 is 0. The van der Waals surface area contributed by atoms with Crippen LogP contribution >= 0.6 is 0 Å². The molecule has 4 N–H and O–H groups in total. The van der Waals surface area contributed by atoms with Crippen molar-refractivity contribution in [2.24, 2.45) is 5.73 Å². The fourth-order valence-electron chi connectivity index (χ4n) is 4.69. The predicted octanol–water partition coefficient (Wildman–Crippen LogP) is 7.00. The maximum atomic E-state index is 11.2. The van der Waals surface area contributed by atoms with Crippen LogP contribution in [0.2, 0.25) is 0 Å². The van der Waals surface area contributed by atoms with Crippen molar-refractivity contribution in [2.75, 3.05) is 0 Å². The number of aliphatic carboxylic acids is 2. The van der Waals surface area contributed by atoms with Crippen LogP contribution in [0.5, 0.6) is 11.5 Å². The largest absolute Gasteiger partial charge is 0.489 e. The third-order valence-corrected chi connectivity index (χ3v) is 6.54. The maximum absolute atomic E-state index is 11.2. The Kier molecular flexibility index (Phi) is 10.6. The molecule has 5 rings (SSSR count). The lowest BCUT2D eigenvalue weighted by Crippen LogP contribution is -2.03. The molecule has 4 aromatic carbocycles. The molecular formula is C35H35NO7. The summed E-state index contributed by atoms with van der Waals surface area (Å²) in [4.78, 5) is 22.3. The Morgan fingerprint density at radius 1 is 0.744 bits per heavy atom. The summed E-state index contributed by atoms with van der Waals surface area (Å²) in [5, 5.41) is 19.2. The summed E-state index contributed by atoms with van der Waals surface area (Å²) in [7, 11) is 0. The van der Waals surface area contributed by atoms with Crippen molar-refractivity contribution in [1.82, 2.24) is 0 Å². The first kappa shape index (κ1) is 30.9. The van der Waals surface area contributed by atoms with Crippen LogP contribution in [0.3, 0.4) is 0 Å². The Hall–Kier alpha value is -5.08. The van der Waals surface area contributed by atoms with Gasteiger partial charge in [-0.2, -0.15) is 0 Å². The molecule has 0 saturated carbocycles. The number of furan rings is 1. The van der Waals surface area contributed by atoms with Gasteiger partial charge < -0.3 is 29.8 Å². The zero-order chi connectivity index (χ0) is 30.8. The number of fused-ring (bicyclic) bond motifs is 1. The Balaban J connectivity index is 0.00000207. The molecule has 0 radical (unpaired) electrons. The van der Waals surface area contributed by atoms with Gasteiger partial charge in [0, 0.05) is 23.1 Å². The summed E-state index contributed by atoms with van der Waals surface area (Å²) < 4.78 is 18.3. The van der Waals surface area contributed by atoms with Crippen LogP contribution in [0.4, 0.5) is 0 Å². The summed E-state index contributed by atoms with van der Waals surface area (Å²) in [5.74, 6) is -0.178. The number of hydrogen-bond acceptors (Lipinski definition) is 6. The lowest BCUT2D eigenvalue weighted by Gasteiger charge is -2.11. The fourth-order valence-corrected chi connectivity index (χ4v) is 4.69. The number of hydrogen-bond donors (Lipinski definition) is 3. The minimum absolute atomic E-state index is 0.0779. The molecule has 0 aliphatic rings. The Bertz CT molecular complexity index is 1710. The zero-order valence-electron chi connectivity index (χ0n) is 24.2. The van der Waals surface area contributed by atoms with Gasteiger partial charge in [0.1, 0.15) is 36.1 Å². The molecule has 0 bridgehead atoms. The monoisotopic (exact) mass is 581 g/mol. The second-order valence-corrected chi connectivity index (χ2v) is 9.65. The second kappa shape index (κ2) is 14.7. The highest BCUT2D eigenvalue weighted by Crippen LogP contribution is 2.34. The highest BCUT2D eigenvalue weighted by molar-refractivity contribution is 5.93. The smallest absolute Gasteiger partial charge is 0.307 e. The molecule has 8 heteroatoms. The van der Waals surface area contributed by atoms with E-state index in [1.807, 2.05) is 56.3 Å². The van der Waals surface area contributed by atoms with Gasteiger partial charge in [0.25, 0.3) is 0 Å². The van der Waals surface area contributed by atoms with Crippen LogP contribution in [0.25, 0.3) is 22.1 Å². The van der Waals surface area contributed by atoms with Gasteiger partial charge in [-0.15, -0.1) is 0 Å². The van der Waals surface area contributed by atoms with Gasteiger partial charge in [0.05, 0.1) is 12.8 Å². The molecule has 0 aliphatic carbocycles. The molecule has 8 nitrogen and oxygen atoms in total. The summed E-state index contributed by atoms with van der Waals surface area (Å²) in [6, 6.07) is 27.9. The number of carboxylic acid groups (broad SMARTS) is 2. The number of ether oxygens (including phenoxy) is 2. The van der Waals surface area contributed by atoms with Crippen LogP contribution in [0.1, 0.15) is 41.9 Å². The highest BCUT2D eigenvalue weighted by atomic mass is 16.5. The van der Waals surface area contributed by atoms with Crippen LogP contribution in [-0.4, -0.2) is 22.2 Å². The van der Waals surface area contributed by atoms with Crippen molar-refractivity contribution in [3.05, 3.63) is 119 Å². The molecule has 1 aromatic heterocycles. The van der Waals surface area contributed by atoms with Crippen molar-refractivity contribution >= 4 is 22.9 Å². The second-order valence-electron chi connectivity index (χ2n) is 9.65. The standard InChI is InChI=1S/C33H29NO7.C2H6/c34-18-22-6-3-8-24(11-22)29-14-23(19-39-27-9-4-5-21(13-27)15-31(35)36)12-26-16-28(41-33(26)29)20-40-30-10-2-1-7-25(30)17-32(37)38;1-2/h1-14,16H,15,17-20,34H2,(H,35,36)(H,37,38);1-2H3. The molecule has 5 aromatic rings. The van der Waals surface area contributed by atoms with E-state index >= 15 is 0 Å². The topological polar surface area (TPSA) is 132 Å². The molecular weight excluding hydrogens is 546 g/mol. The third kappa shape index (κ3) is 8.24. The van der Waals surface area contributed by atoms with Crippen LogP contribution in [0.15, 0.2) is 95.4 Å². The molecule has 222 valence electrons. The van der Waals surface area contributed by atoms with Gasteiger partial charge in [-0.05, 0) is 64.7 Å². The number of carbonyl (C=O) groups is 2. The van der Waals surface area contributed by atoms with Gasteiger partial charge in [0.2, 0.25) is 0 Å². The molecule has 0 atom stereocenters. The summed E-state index contributed by atoms with van der Waals surface area (Å²) in [6.07, 6.45) is -0.216. The van der Waals surface area contributed by atoms with Crippen molar-refractivity contribution in [3.63, 3.8) is 0 Å². The van der Waals surface area contributed by atoms with E-state index in [4.69, 9.17) is 24.7 Å². The Labute approximate surface area is 250 Å². The quantitative estimate of drug-likeness (QED) is 0.144. The average molecular weight is 582 g/mol. The van der Waals surface area contributed by atoms with E-state index < -0.39 is 11.9 Å². The maximum Gasteiger partial charge on any atom is 0.307 e. The van der Waals surface area contributed by atoms with E-state index in [-0.39, 0.29) is 26.1 Å². The predicted molar refractivity (Wildman–Crippen MR) is 165 cm³/mol. The van der Waals surface area contributed by atoms with Crippen LogP contribution < -0.4 is 15.2 Å². The van der Waals surface area contributed by atoms with E-state index in [1.54, 1.807) is 48.5 Å². The van der Waals surface area contributed by atoms with E-state index in [2.05, 4.69) is 0 Å². The first-order valence-corrected chi connectivity index (χ1v) is 14.1.